The Morgan fingerprint density at radius 3 is 2.57 bits per heavy atom. The zero-order chi connectivity index (χ0) is 19.7. The molecule has 0 unspecified atom stereocenters. The molecule has 0 bridgehead atoms. The Morgan fingerprint density at radius 1 is 1.00 bits per heavy atom. The van der Waals surface area contributed by atoms with Crippen molar-refractivity contribution in [2.24, 2.45) is 0 Å². The summed E-state index contributed by atoms with van der Waals surface area (Å²) >= 11 is 0. The van der Waals surface area contributed by atoms with Gasteiger partial charge < -0.3 is 14.4 Å². The molecule has 0 amide bonds. The van der Waals surface area contributed by atoms with Crippen LogP contribution < -0.4 is 4.74 Å². The van der Waals surface area contributed by atoms with Crippen LogP contribution in [0.15, 0.2) is 72.8 Å². The van der Waals surface area contributed by atoms with Crippen LogP contribution in [0.1, 0.15) is 21.5 Å². The van der Waals surface area contributed by atoms with E-state index in [9.17, 15) is 9.90 Å². The summed E-state index contributed by atoms with van der Waals surface area (Å²) in [5.74, 6) is -0.100. The fourth-order valence-electron chi connectivity index (χ4n) is 3.62. The van der Waals surface area contributed by atoms with Crippen LogP contribution in [0, 0.1) is 6.92 Å². The van der Waals surface area contributed by atoms with Crippen molar-refractivity contribution in [2.45, 2.75) is 13.5 Å². The summed E-state index contributed by atoms with van der Waals surface area (Å²) in [6.07, 6.45) is 0. The molecule has 0 aliphatic rings. The van der Waals surface area contributed by atoms with Gasteiger partial charge in [-0.15, -0.1) is 0 Å². The minimum Gasteiger partial charge on any atom is -0.497 e. The second kappa shape index (κ2) is 7.24. The van der Waals surface area contributed by atoms with E-state index in [2.05, 4.69) is 35.8 Å². The molecule has 28 heavy (non-hydrogen) atoms. The van der Waals surface area contributed by atoms with Gasteiger partial charge in [0.1, 0.15) is 5.75 Å². The van der Waals surface area contributed by atoms with Crippen LogP contribution in [0.5, 0.6) is 5.75 Å². The Labute approximate surface area is 163 Å². The summed E-state index contributed by atoms with van der Waals surface area (Å²) in [6.45, 7) is 2.68. The number of aryl methyl sites for hydroxylation is 1. The van der Waals surface area contributed by atoms with E-state index in [-0.39, 0.29) is 0 Å². The number of hydrogen-bond donors (Lipinski definition) is 1. The zero-order valence-corrected chi connectivity index (χ0v) is 15.8. The molecule has 0 atom stereocenters. The lowest BCUT2D eigenvalue weighted by molar-refractivity contribution is 0.0696. The van der Waals surface area contributed by atoms with Gasteiger partial charge in [0.15, 0.2) is 0 Å². The summed E-state index contributed by atoms with van der Waals surface area (Å²) < 4.78 is 7.62. The van der Waals surface area contributed by atoms with Crippen molar-refractivity contribution in [1.29, 1.82) is 0 Å². The lowest BCUT2D eigenvalue weighted by Gasteiger charge is -2.13. The van der Waals surface area contributed by atoms with E-state index in [0.29, 0.717) is 12.1 Å². The highest BCUT2D eigenvalue weighted by atomic mass is 16.5. The number of methoxy groups -OCH3 is 1. The van der Waals surface area contributed by atoms with Crippen LogP contribution in [0.2, 0.25) is 0 Å². The number of rotatable bonds is 5. The van der Waals surface area contributed by atoms with E-state index in [1.165, 1.54) is 5.56 Å². The number of benzene rings is 3. The first-order valence-electron chi connectivity index (χ1n) is 9.12. The maximum atomic E-state index is 11.4. The number of hydrogen-bond acceptors (Lipinski definition) is 2. The van der Waals surface area contributed by atoms with Crippen LogP contribution in [-0.4, -0.2) is 22.8 Å². The van der Waals surface area contributed by atoms with E-state index in [1.807, 2.05) is 30.3 Å². The molecule has 1 N–H and O–H groups in total. The van der Waals surface area contributed by atoms with E-state index in [4.69, 9.17) is 4.74 Å². The van der Waals surface area contributed by atoms with Crippen molar-refractivity contribution < 1.29 is 14.6 Å². The summed E-state index contributed by atoms with van der Waals surface area (Å²) in [4.78, 5) is 11.4. The Balaban J connectivity index is 1.90. The minimum absolute atomic E-state index is 0.299. The molecule has 0 aliphatic carbocycles. The van der Waals surface area contributed by atoms with Crippen molar-refractivity contribution >= 4 is 16.9 Å². The number of fused-ring (bicyclic) bond motifs is 1. The van der Waals surface area contributed by atoms with Gasteiger partial charge in [0, 0.05) is 28.7 Å². The number of carboxylic acid groups (broad SMARTS) is 1. The maximum absolute atomic E-state index is 11.4. The highest BCUT2D eigenvalue weighted by Gasteiger charge is 2.14. The number of carbonyl (C=O) groups is 1. The zero-order valence-electron chi connectivity index (χ0n) is 15.8. The van der Waals surface area contributed by atoms with Gasteiger partial charge in [0.2, 0.25) is 0 Å². The molecule has 3 aromatic carbocycles. The summed E-state index contributed by atoms with van der Waals surface area (Å²) in [5, 5.41) is 10.4. The molecular formula is C24H21NO3. The molecule has 0 spiro atoms. The quantitative estimate of drug-likeness (QED) is 0.513. The standard InChI is InChI=1S/C24H21NO3/c1-16-6-3-4-9-21(16)23-14-19-13-20(28-2)10-11-22(19)25(23)15-17-7-5-8-18(12-17)24(26)27/h3-14H,15H2,1-2H3,(H,26,27). The molecule has 1 heterocycles. The van der Waals surface area contributed by atoms with Gasteiger partial charge in [-0.25, -0.2) is 4.79 Å². The Morgan fingerprint density at radius 2 is 1.82 bits per heavy atom. The lowest BCUT2D eigenvalue weighted by Crippen LogP contribution is -2.04. The molecule has 0 saturated carbocycles. The second-order valence-corrected chi connectivity index (χ2v) is 6.86. The van der Waals surface area contributed by atoms with Gasteiger partial charge in [0.05, 0.1) is 12.7 Å². The highest BCUT2D eigenvalue weighted by molar-refractivity contribution is 5.89. The molecular weight excluding hydrogens is 350 g/mol. The molecule has 4 nitrogen and oxygen atoms in total. The van der Waals surface area contributed by atoms with Gasteiger partial charge in [-0.1, -0.05) is 36.4 Å². The topological polar surface area (TPSA) is 51.5 Å². The first kappa shape index (κ1) is 17.9. The summed E-state index contributed by atoms with van der Waals surface area (Å²) in [7, 11) is 1.66. The maximum Gasteiger partial charge on any atom is 0.335 e. The molecule has 0 aliphatic heterocycles. The fourth-order valence-corrected chi connectivity index (χ4v) is 3.62. The lowest BCUT2D eigenvalue weighted by atomic mass is 10.1. The van der Waals surface area contributed by atoms with Crippen molar-refractivity contribution in [3.05, 3.63) is 89.5 Å². The van der Waals surface area contributed by atoms with E-state index < -0.39 is 5.97 Å². The van der Waals surface area contributed by atoms with Crippen molar-refractivity contribution in [3.63, 3.8) is 0 Å². The third kappa shape index (κ3) is 3.25. The molecule has 1 aromatic heterocycles. The predicted molar refractivity (Wildman–Crippen MR) is 111 cm³/mol. The van der Waals surface area contributed by atoms with Gasteiger partial charge in [-0.05, 0) is 54.4 Å². The molecule has 0 saturated heterocycles. The van der Waals surface area contributed by atoms with Gasteiger partial charge in [0.25, 0.3) is 0 Å². The van der Waals surface area contributed by atoms with Crippen LogP contribution in [0.25, 0.3) is 22.2 Å². The monoisotopic (exact) mass is 371 g/mol. The molecule has 140 valence electrons. The average molecular weight is 371 g/mol. The van der Waals surface area contributed by atoms with Gasteiger partial charge >= 0.3 is 5.97 Å². The van der Waals surface area contributed by atoms with Crippen molar-refractivity contribution in [1.82, 2.24) is 4.57 Å². The number of aromatic nitrogens is 1. The summed E-state index contributed by atoms with van der Waals surface area (Å²) in [5.41, 5.74) is 5.78. The number of nitrogens with zero attached hydrogens (tertiary/aromatic N) is 1. The largest absolute Gasteiger partial charge is 0.497 e. The van der Waals surface area contributed by atoms with Crippen LogP contribution >= 0.6 is 0 Å². The minimum atomic E-state index is -0.914. The molecule has 4 aromatic rings. The third-order valence-electron chi connectivity index (χ3n) is 5.04. The van der Waals surface area contributed by atoms with Gasteiger partial charge in [-0.3, -0.25) is 0 Å². The predicted octanol–water partition coefficient (Wildman–Crippen LogP) is 5.37. The normalized spacial score (nSPS) is 10.9. The Hall–Kier alpha value is -3.53. The third-order valence-corrected chi connectivity index (χ3v) is 5.04. The summed E-state index contributed by atoms with van der Waals surface area (Å²) in [6, 6.07) is 23.6. The molecule has 4 heteroatoms. The van der Waals surface area contributed by atoms with Gasteiger partial charge in [-0.2, -0.15) is 0 Å². The first-order chi connectivity index (χ1) is 13.6. The molecule has 0 radical (unpaired) electrons. The number of aromatic carboxylic acids is 1. The Kier molecular flexibility index (Phi) is 4.62. The molecule has 0 fully saturated rings. The fraction of sp³-hybridized carbons (Fsp3) is 0.125. The smallest absolute Gasteiger partial charge is 0.335 e. The van der Waals surface area contributed by atoms with Crippen LogP contribution in [-0.2, 0) is 6.54 Å². The van der Waals surface area contributed by atoms with Crippen molar-refractivity contribution in [2.75, 3.05) is 7.11 Å². The highest BCUT2D eigenvalue weighted by Crippen LogP contribution is 2.33. The number of ether oxygens (including phenoxy) is 1. The SMILES string of the molecule is COc1ccc2c(c1)cc(-c1ccccc1C)n2Cc1cccc(C(=O)O)c1. The van der Waals surface area contributed by atoms with E-state index in [0.717, 1.165) is 33.5 Å². The van der Waals surface area contributed by atoms with Crippen LogP contribution in [0.4, 0.5) is 0 Å². The van der Waals surface area contributed by atoms with Crippen LogP contribution in [0.3, 0.4) is 0 Å². The van der Waals surface area contributed by atoms with E-state index >= 15 is 0 Å². The average Bonchev–Trinajstić information content (AvgIpc) is 3.05. The Bertz CT molecular complexity index is 1170. The second-order valence-electron chi connectivity index (χ2n) is 6.86. The molecule has 4 rings (SSSR count). The number of carboxylic acids is 1. The first-order valence-corrected chi connectivity index (χ1v) is 9.12. The van der Waals surface area contributed by atoms with Crippen molar-refractivity contribution in [3.8, 4) is 17.0 Å². The van der Waals surface area contributed by atoms with E-state index in [1.54, 1.807) is 25.3 Å².